The van der Waals surface area contributed by atoms with E-state index in [4.69, 9.17) is 5.11 Å². The van der Waals surface area contributed by atoms with Crippen molar-refractivity contribution in [2.45, 2.75) is 12.2 Å². The maximum atomic E-state index is 11.8. The molecule has 0 aliphatic heterocycles. The molecule has 19 heavy (non-hydrogen) atoms. The molecule has 0 spiro atoms. The van der Waals surface area contributed by atoms with Gasteiger partial charge in [-0.25, -0.2) is 0 Å². The van der Waals surface area contributed by atoms with Crippen molar-refractivity contribution >= 4 is 28.4 Å². The Morgan fingerprint density at radius 1 is 1.42 bits per heavy atom. The van der Waals surface area contributed by atoms with Gasteiger partial charge in [-0.3, -0.25) is 13.8 Å². The lowest BCUT2D eigenvalue weighted by Gasteiger charge is -2.06. The Bertz CT molecular complexity index is 543. The van der Waals surface area contributed by atoms with E-state index in [0.717, 1.165) is 5.56 Å². The van der Waals surface area contributed by atoms with Gasteiger partial charge in [-0.2, -0.15) is 0 Å². The van der Waals surface area contributed by atoms with E-state index in [0.29, 0.717) is 17.9 Å². The molecule has 1 aromatic carbocycles. The normalized spacial score (nSPS) is 22.6. The number of amides is 1. The first-order valence-corrected chi connectivity index (χ1v) is 7.62. The molecule has 1 aliphatic carbocycles. The Balaban J connectivity index is 1.98. The van der Waals surface area contributed by atoms with Gasteiger partial charge in [0.1, 0.15) is 0 Å². The highest BCUT2D eigenvalue weighted by Gasteiger charge is 2.48. The molecule has 1 fully saturated rings. The van der Waals surface area contributed by atoms with Crippen LogP contribution < -0.4 is 5.32 Å². The van der Waals surface area contributed by atoms with Gasteiger partial charge in [0.2, 0.25) is 5.91 Å². The Kier molecular flexibility index (Phi) is 3.99. The van der Waals surface area contributed by atoms with E-state index in [1.165, 1.54) is 0 Å². The van der Waals surface area contributed by atoms with E-state index < -0.39 is 28.6 Å². The standard InChI is InChI=1S/C13H15NO4S/c1-19(18)7-8-3-2-4-9(5-8)14-12(15)10-6-11(10)13(16)17/h2-5,10-11H,6-7H2,1H3,(H,14,15)(H,16,17). The summed E-state index contributed by atoms with van der Waals surface area (Å²) in [4.78, 5) is 22.5. The zero-order chi connectivity index (χ0) is 14.0. The molecule has 2 rings (SSSR count). The SMILES string of the molecule is CS(=O)Cc1cccc(NC(=O)C2CC2C(=O)O)c1. The Hall–Kier alpha value is -1.69. The number of hydrogen-bond acceptors (Lipinski definition) is 3. The monoisotopic (exact) mass is 281 g/mol. The number of carboxylic acids is 1. The quantitative estimate of drug-likeness (QED) is 0.850. The van der Waals surface area contributed by atoms with Gasteiger partial charge in [0, 0.05) is 28.5 Å². The topological polar surface area (TPSA) is 83.5 Å². The number of anilines is 1. The highest BCUT2D eigenvalue weighted by atomic mass is 32.2. The van der Waals surface area contributed by atoms with Crippen LogP contribution >= 0.6 is 0 Å². The minimum absolute atomic E-state index is 0.262. The van der Waals surface area contributed by atoms with E-state index in [-0.39, 0.29) is 5.91 Å². The highest BCUT2D eigenvalue weighted by molar-refractivity contribution is 7.83. The lowest BCUT2D eigenvalue weighted by Crippen LogP contribution is -2.16. The van der Waals surface area contributed by atoms with E-state index in [1.54, 1.807) is 24.5 Å². The first kappa shape index (κ1) is 13.7. The molecule has 0 saturated heterocycles. The Morgan fingerprint density at radius 3 is 2.74 bits per heavy atom. The van der Waals surface area contributed by atoms with Crippen LogP contribution in [0.5, 0.6) is 0 Å². The average molecular weight is 281 g/mol. The molecule has 0 bridgehead atoms. The molecule has 1 amide bonds. The number of aliphatic carboxylic acids is 1. The fourth-order valence-electron chi connectivity index (χ4n) is 1.97. The summed E-state index contributed by atoms with van der Waals surface area (Å²) in [7, 11) is -0.936. The molecule has 6 heteroatoms. The number of rotatable bonds is 5. The third kappa shape index (κ3) is 3.64. The molecule has 1 saturated carbocycles. The number of carboxylic acid groups (broad SMARTS) is 1. The smallest absolute Gasteiger partial charge is 0.307 e. The van der Waals surface area contributed by atoms with Gasteiger partial charge < -0.3 is 10.4 Å². The highest BCUT2D eigenvalue weighted by Crippen LogP contribution is 2.39. The summed E-state index contributed by atoms with van der Waals surface area (Å²) in [6.45, 7) is 0. The second-order valence-electron chi connectivity index (χ2n) is 4.69. The third-order valence-electron chi connectivity index (χ3n) is 3.01. The van der Waals surface area contributed by atoms with Gasteiger partial charge >= 0.3 is 5.97 Å². The van der Waals surface area contributed by atoms with Crippen LogP contribution in [0.1, 0.15) is 12.0 Å². The lowest BCUT2D eigenvalue weighted by molar-refractivity contribution is -0.139. The molecule has 2 N–H and O–H groups in total. The number of nitrogens with one attached hydrogen (secondary N) is 1. The van der Waals surface area contributed by atoms with Crippen LogP contribution in [-0.2, 0) is 26.1 Å². The second-order valence-corrected chi connectivity index (χ2v) is 6.13. The predicted molar refractivity (Wildman–Crippen MR) is 72.1 cm³/mol. The molecule has 0 radical (unpaired) electrons. The van der Waals surface area contributed by atoms with Crippen LogP contribution in [0, 0.1) is 11.8 Å². The van der Waals surface area contributed by atoms with Gasteiger partial charge in [-0.1, -0.05) is 12.1 Å². The predicted octanol–water partition coefficient (Wildman–Crippen LogP) is 1.22. The summed E-state index contributed by atoms with van der Waals surface area (Å²) >= 11 is 0. The first-order valence-electron chi connectivity index (χ1n) is 5.90. The first-order chi connectivity index (χ1) is 8.97. The molecule has 1 aromatic rings. The van der Waals surface area contributed by atoms with Crippen molar-refractivity contribution in [1.29, 1.82) is 0 Å². The Labute approximate surface area is 113 Å². The summed E-state index contributed by atoms with van der Waals surface area (Å²) in [6.07, 6.45) is 2.02. The summed E-state index contributed by atoms with van der Waals surface area (Å²) in [5.74, 6) is -1.73. The fourth-order valence-corrected chi connectivity index (χ4v) is 2.62. The van der Waals surface area contributed by atoms with Crippen molar-refractivity contribution in [1.82, 2.24) is 0 Å². The maximum absolute atomic E-state index is 11.8. The lowest BCUT2D eigenvalue weighted by atomic mass is 10.2. The largest absolute Gasteiger partial charge is 0.481 e. The summed E-state index contributed by atoms with van der Waals surface area (Å²) in [5.41, 5.74) is 1.49. The van der Waals surface area contributed by atoms with Crippen LogP contribution in [0.15, 0.2) is 24.3 Å². The molecule has 5 nitrogen and oxygen atoms in total. The van der Waals surface area contributed by atoms with Gasteiger partial charge in [0.25, 0.3) is 0 Å². The van der Waals surface area contributed by atoms with Crippen molar-refractivity contribution in [3.63, 3.8) is 0 Å². The zero-order valence-corrected chi connectivity index (χ0v) is 11.3. The Morgan fingerprint density at radius 2 is 2.16 bits per heavy atom. The van der Waals surface area contributed by atoms with Crippen molar-refractivity contribution in [2.24, 2.45) is 11.8 Å². The minimum Gasteiger partial charge on any atom is -0.481 e. The van der Waals surface area contributed by atoms with Crippen LogP contribution in [-0.4, -0.2) is 27.4 Å². The van der Waals surface area contributed by atoms with E-state index in [9.17, 15) is 13.8 Å². The molecule has 0 heterocycles. The fraction of sp³-hybridized carbons (Fsp3) is 0.385. The van der Waals surface area contributed by atoms with Gasteiger partial charge in [0.05, 0.1) is 11.8 Å². The number of carbonyl (C=O) groups is 2. The number of benzene rings is 1. The molecular formula is C13H15NO4S. The van der Waals surface area contributed by atoms with Crippen LogP contribution in [0.25, 0.3) is 0 Å². The van der Waals surface area contributed by atoms with Crippen molar-refractivity contribution in [3.8, 4) is 0 Å². The number of hydrogen-bond donors (Lipinski definition) is 2. The molecular weight excluding hydrogens is 266 g/mol. The van der Waals surface area contributed by atoms with Crippen LogP contribution in [0.3, 0.4) is 0 Å². The molecule has 3 unspecified atom stereocenters. The summed E-state index contributed by atoms with van der Waals surface area (Å²) in [5, 5.41) is 11.5. The zero-order valence-electron chi connectivity index (χ0n) is 10.5. The van der Waals surface area contributed by atoms with Gasteiger partial charge in [-0.05, 0) is 24.1 Å². The molecule has 3 atom stereocenters. The van der Waals surface area contributed by atoms with E-state index in [2.05, 4.69) is 5.32 Å². The average Bonchev–Trinajstić information content (AvgIpc) is 3.08. The summed E-state index contributed by atoms with van der Waals surface area (Å²) < 4.78 is 11.1. The third-order valence-corrected chi connectivity index (χ3v) is 3.75. The minimum atomic E-state index is -0.936. The maximum Gasteiger partial charge on any atom is 0.307 e. The molecule has 0 aromatic heterocycles. The van der Waals surface area contributed by atoms with Crippen molar-refractivity contribution < 1.29 is 18.9 Å². The van der Waals surface area contributed by atoms with E-state index >= 15 is 0 Å². The van der Waals surface area contributed by atoms with Crippen molar-refractivity contribution in [2.75, 3.05) is 11.6 Å². The van der Waals surface area contributed by atoms with Crippen molar-refractivity contribution in [3.05, 3.63) is 29.8 Å². The summed E-state index contributed by atoms with van der Waals surface area (Å²) in [6, 6.07) is 7.11. The molecule has 1 aliphatic rings. The van der Waals surface area contributed by atoms with Gasteiger partial charge in [-0.15, -0.1) is 0 Å². The van der Waals surface area contributed by atoms with Crippen LogP contribution in [0.2, 0.25) is 0 Å². The number of carbonyl (C=O) groups excluding carboxylic acids is 1. The van der Waals surface area contributed by atoms with Crippen LogP contribution in [0.4, 0.5) is 5.69 Å². The van der Waals surface area contributed by atoms with E-state index in [1.807, 2.05) is 6.07 Å². The molecule has 102 valence electrons. The second kappa shape index (κ2) is 5.52. The van der Waals surface area contributed by atoms with Gasteiger partial charge in [0.15, 0.2) is 0 Å².